The number of hydrogen-bond donors (Lipinski definition) is 1. The zero-order chi connectivity index (χ0) is 13.9. The Morgan fingerprint density at radius 3 is 2.65 bits per heavy atom. The van der Waals surface area contributed by atoms with E-state index >= 15 is 0 Å². The number of anilines is 1. The van der Waals surface area contributed by atoms with Gasteiger partial charge in [0.05, 0.1) is 6.26 Å². The van der Waals surface area contributed by atoms with E-state index in [1.807, 2.05) is 12.1 Å². The number of hydrogen-bond acceptors (Lipinski definition) is 5. The van der Waals surface area contributed by atoms with Crippen LogP contribution in [-0.4, -0.2) is 26.1 Å². The molecule has 3 aromatic rings. The summed E-state index contributed by atoms with van der Waals surface area (Å²) < 4.78 is 6.60. The van der Waals surface area contributed by atoms with Gasteiger partial charge in [-0.2, -0.15) is 0 Å². The number of amides is 1. The van der Waals surface area contributed by atoms with E-state index in [1.165, 1.54) is 6.26 Å². The fraction of sp³-hybridized carbons (Fsp3) is 0.0769. The van der Waals surface area contributed by atoms with E-state index in [0.717, 1.165) is 5.56 Å². The number of aryl methyl sites for hydroxylation is 1. The average Bonchev–Trinajstić information content (AvgIpc) is 3.11. The molecule has 0 fully saturated rings. The van der Waals surface area contributed by atoms with Gasteiger partial charge in [-0.3, -0.25) is 4.79 Å². The van der Waals surface area contributed by atoms with Gasteiger partial charge in [-0.15, -0.1) is 5.10 Å². The van der Waals surface area contributed by atoms with Crippen molar-refractivity contribution in [3.05, 3.63) is 48.4 Å². The quantitative estimate of drug-likeness (QED) is 0.782. The zero-order valence-corrected chi connectivity index (χ0v) is 10.6. The van der Waals surface area contributed by atoms with Crippen molar-refractivity contribution < 1.29 is 9.21 Å². The standard InChI is InChI=1S/C13H11N5O2/c1-18-12(15-16-17-18)9-4-6-10(7-5-9)14-13(19)11-3-2-8-20-11/h2-8H,1H3,(H,14,19). The Bertz CT molecular complexity index is 716. The number of carbonyl (C=O) groups excluding carboxylic acids is 1. The van der Waals surface area contributed by atoms with E-state index in [9.17, 15) is 4.79 Å². The Labute approximate surface area is 114 Å². The number of nitrogens with zero attached hydrogens (tertiary/aromatic N) is 4. The minimum absolute atomic E-state index is 0.270. The molecule has 0 bridgehead atoms. The van der Waals surface area contributed by atoms with Crippen molar-refractivity contribution in [2.75, 3.05) is 5.32 Å². The Morgan fingerprint density at radius 2 is 2.05 bits per heavy atom. The fourth-order valence-corrected chi connectivity index (χ4v) is 1.78. The molecular weight excluding hydrogens is 258 g/mol. The molecule has 0 aliphatic heterocycles. The van der Waals surface area contributed by atoms with E-state index in [2.05, 4.69) is 20.8 Å². The van der Waals surface area contributed by atoms with Gasteiger partial charge in [-0.1, -0.05) is 0 Å². The molecule has 0 saturated carbocycles. The monoisotopic (exact) mass is 269 g/mol. The van der Waals surface area contributed by atoms with E-state index in [-0.39, 0.29) is 11.7 Å². The minimum Gasteiger partial charge on any atom is -0.459 e. The van der Waals surface area contributed by atoms with Crippen molar-refractivity contribution >= 4 is 11.6 Å². The summed E-state index contributed by atoms with van der Waals surface area (Å²) in [5.74, 6) is 0.642. The SMILES string of the molecule is Cn1nnnc1-c1ccc(NC(=O)c2ccco2)cc1. The topological polar surface area (TPSA) is 85.8 Å². The van der Waals surface area contributed by atoms with Gasteiger partial charge in [0, 0.05) is 18.3 Å². The molecule has 0 unspecified atom stereocenters. The summed E-state index contributed by atoms with van der Waals surface area (Å²) in [5, 5.41) is 14.0. The molecule has 20 heavy (non-hydrogen) atoms. The summed E-state index contributed by atoms with van der Waals surface area (Å²) in [5.41, 5.74) is 1.54. The molecule has 3 rings (SSSR count). The number of rotatable bonds is 3. The largest absolute Gasteiger partial charge is 0.459 e. The Kier molecular flexibility index (Phi) is 3.00. The molecule has 100 valence electrons. The van der Waals surface area contributed by atoms with Crippen LogP contribution in [0, 0.1) is 0 Å². The molecule has 0 spiro atoms. The molecule has 7 nitrogen and oxygen atoms in total. The summed E-state index contributed by atoms with van der Waals surface area (Å²) in [6, 6.07) is 10.5. The molecule has 2 heterocycles. The van der Waals surface area contributed by atoms with Gasteiger partial charge in [-0.25, -0.2) is 4.68 Å². The van der Waals surface area contributed by atoms with Gasteiger partial charge in [0.1, 0.15) is 0 Å². The van der Waals surface area contributed by atoms with Crippen LogP contribution >= 0.6 is 0 Å². The molecule has 7 heteroatoms. The molecule has 0 aliphatic carbocycles. The summed E-state index contributed by atoms with van der Waals surface area (Å²) in [6.07, 6.45) is 1.46. The predicted octanol–water partition coefficient (Wildman–Crippen LogP) is 1.72. The first-order valence-electron chi connectivity index (χ1n) is 5.92. The second kappa shape index (κ2) is 4.96. The second-order valence-corrected chi connectivity index (χ2v) is 4.13. The number of nitrogens with one attached hydrogen (secondary N) is 1. The maximum absolute atomic E-state index is 11.8. The van der Waals surface area contributed by atoms with Crippen molar-refractivity contribution in [2.45, 2.75) is 0 Å². The van der Waals surface area contributed by atoms with Crippen molar-refractivity contribution in [3.8, 4) is 11.4 Å². The number of furan rings is 1. The first-order chi connectivity index (χ1) is 9.74. The molecule has 2 aromatic heterocycles. The number of carbonyl (C=O) groups is 1. The van der Waals surface area contributed by atoms with E-state index in [1.54, 1.807) is 36.0 Å². The van der Waals surface area contributed by atoms with Gasteiger partial charge < -0.3 is 9.73 Å². The maximum atomic E-state index is 11.8. The molecule has 1 amide bonds. The Hall–Kier alpha value is -2.96. The Balaban J connectivity index is 1.77. The van der Waals surface area contributed by atoms with Crippen molar-refractivity contribution in [3.63, 3.8) is 0 Å². The van der Waals surface area contributed by atoms with Crippen LogP contribution in [0.5, 0.6) is 0 Å². The van der Waals surface area contributed by atoms with Gasteiger partial charge in [0.2, 0.25) is 0 Å². The van der Waals surface area contributed by atoms with Crippen LogP contribution < -0.4 is 5.32 Å². The highest BCUT2D eigenvalue weighted by Crippen LogP contribution is 2.18. The third-order valence-electron chi connectivity index (χ3n) is 2.77. The van der Waals surface area contributed by atoms with E-state index in [4.69, 9.17) is 4.42 Å². The normalized spacial score (nSPS) is 10.4. The lowest BCUT2D eigenvalue weighted by atomic mass is 10.2. The van der Waals surface area contributed by atoms with Crippen LogP contribution in [0.15, 0.2) is 47.1 Å². The first kappa shape index (κ1) is 12.1. The molecule has 1 aromatic carbocycles. The smallest absolute Gasteiger partial charge is 0.291 e. The van der Waals surface area contributed by atoms with E-state index in [0.29, 0.717) is 11.5 Å². The predicted molar refractivity (Wildman–Crippen MR) is 70.9 cm³/mol. The second-order valence-electron chi connectivity index (χ2n) is 4.13. The van der Waals surface area contributed by atoms with Crippen LogP contribution in [0.2, 0.25) is 0 Å². The molecule has 0 saturated heterocycles. The average molecular weight is 269 g/mol. The third-order valence-corrected chi connectivity index (χ3v) is 2.77. The van der Waals surface area contributed by atoms with Crippen molar-refractivity contribution in [1.29, 1.82) is 0 Å². The molecular formula is C13H11N5O2. The highest BCUT2D eigenvalue weighted by atomic mass is 16.3. The van der Waals surface area contributed by atoms with Crippen LogP contribution in [0.25, 0.3) is 11.4 Å². The molecule has 0 aliphatic rings. The Morgan fingerprint density at radius 1 is 1.25 bits per heavy atom. The van der Waals surface area contributed by atoms with Gasteiger partial charge in [-0.05, 0) is 46.8 Å². The number of benzene rings is 1. The lowest BCUT2D eigenvalue weighted by Crippen LogP contribution is -2.10. The van der Waals surface area contributed by atoms with Gasteiger partial charge in [0.15, 0.2) is 11.6 Å². The van der Waals surface area contributed by atoms with Gasteiger partial charge in [0.25, 0.3) is 5.91 Å². The fourth-order valence-electron chi connectivity index (χ4n) is 1.78. The molecule has 0 radical (unpaired) electrons. The van der Waals surface area contributed by atoms with Crippen LogP contribution in [0.3, 0.4) is 0 Å². The number of tetrazole rings is 1. The summed E-state index contributed by atoms with van der Waals surface area (Å²) in [4.78, 5) is 11.8. The lowest BCUT2D eigenvalue weighted by molar-refractivity contribution is 0.0996. The maximum Gasteiger partial charge on any atom is 0.291 e. The minimum atomic E-state index is -0.289. The number of aromatic nitrogens is 4. The van der Waals surface area contributed by atoms with Crippen molar-refractivity contribution in [1.82, 2.24) is 20.2 Å². The first-order valence-corrected chi connectivity index (χ1v) is 5.92. The zero-order valence-electron chi connectivity index (χ0n) is 10.6. The van der Waals surface area contributed by atoms with E-state index < -0.39 is 0 Å². The van der Waals surface area contributed by atoms with Crippen LogP contribution in [-0.2, 0) is 7.05 Å². The summed E-state index contributed by atoms with van der Waals surface area (Å²) in [6.45, 7) is 0. The third kappa shape index (κ3) is 2.28. The lowest BCUT2D eigenvalue weighted by Gasteiger charge is -2.04. The van der Waals surface area contributed by atoms with Crippen LogP contribution in [0.4, 0.5) is 5.69 Å². The molecule has 1 N–H and O–H groups in total. The van der Waals surface area contributed by atoms with Gasteiger partial charge >= 0.3 is 0 Å². The summed E-state index contributed by atoms with van der Waals surface area (Å²) >= 11 is 0. The van der Waals surface area contributed by atoms with Crippen molar-refractivity contribution in [2.24, 2.45) is 7.05 Å². The highest BCUT2D eigenvalue weighted by molar-refractivity contribution is 6.02. The molecule has 0 atom stereocenters. The van der Waals surface area contributed by atoms with Crippen LogP contribution in [0.1, 0.15) is 10.6 Å². The highest BCUT2D eigenvalue weighted by Gasteiger charge is 2.09. The summed E-state index contributed by atoms with van der Waals surface area (Å²) in [7, 11) is 1.77.